The Morgan fingerprint density at radius 3 is 1.88 bits per heavy atom. The van der Waals surface area contributed by atoms with Gasteiger partial charge in [0.05, 0.1) is 45.3 Å². The van der Waals surface area contributed by atoms with E-state index < -0.39 is 32.1 Å². The Labute approximate surface area is 144 Å². The van der Waals surface area contributed by atoms with Crippen molar-refractivity contribution in [2.45, 2.75) is 0 Å². The molecule has 0 saturated heterocycles. The first-order valence-electron chi connectivity index (χ1n) is 6.80. The maximum atomic E-state index is 12.3. The number of nitro benzene ring substituents is 3. The molecule has 0 radical (unpaired) electrons. The summed E-state index contributed by atoms with van der Waals surface area (Å²) in [5, 5.41) is 34.9. The Hall–Kier alpha value is -4.09. The monoisotopic (exact) mass is 362 g/mol. The van der Waals surface area contributed by atoms with E-state index in [9.17, 15) is 35.1 Å². The molecule has 26 heavy (non-hydrogen) atoms. The van der Waals surface area contributed by atoms with Gasteiger partial charge >= 0.3 is 0 Å². The van der Waals surface area contributed by atoms with Gasteiger partial charge < -0.3 is 10.1 Å². The number of rotatable bonds is 6. The molecule has 0 aliphatic heterocycles. The van der Waals surface area contributed by atoms with Crippen LogP contribution in [0.2, 0.25) is 0 Å². The molecule has 1 amide bonds. The van der Waals surface area contributed by atoms with E-state index in [2.05, 4.69) is 5.32 Å². The number of non-ortho nitro benzene ring substituents is 3. The van der Waals surface area contributed by atoms with Gasteiger partial charge in [-0.2, -0.15) is 0 Å². The first kappa shape index (κ1) is 18.3. The number of carbonyl (C=O) groups excluding carboxylic acids is 1. The van der Waals surface area contributed by atoms with Gasteiger partial charge in [-0.3, -0.25) is 35.1 Å². The standard InChI is InChI=1S/C14H10N4O8/c1-26-13-7-9(16(20)21)2-3-12(13)15-14(19)8-4-10(17(22)23)6-11(5-8)18(24)25/h2-7H,1H3,(H,15,19). The number of carbonyl (C=O) groups is 1. The van der Waals surface area contributed by atoms with Crippen LogP contribution in [0.5, 0.6) is 5.75 Å². The molecule has 2 aromatic carbocycles. The average Bonchev–Trinajstić information content (AvgIpc) is 2.61. The van der Waals surface area contributed by atoms with Crippen LogP contribution in [0, 0.1) is 30.3 Å². The van der Waals surface area contributed by atoms with Gasteiger partial charge in [0.15, 0.2) is 0 Å². The summed E-state index contributed by atoms with van der Waals surface area (Å²) in [6, 6.07) is 5.88. The summed E-state index contributed by atoms with van der Waals surface area (Å²) in [6.45, 7) is 0. The van der Waals surface area contributed by atoms with Gasteiger partial charge in [-0.05, 0) is 6.07 Å². The smallest absolute Gasteiger partial charge is 0.277 e. The Balaban J connectivity index is 2.40. The highest BCUT2D eigenvalue weighted by Gasteiger charge is 2.21. The zero-order valence-corrected chi connectivity index (χ0v) is 13.1. The third-order valence-electron chi connectivity index (χ3n) is 3.23. The number of nitrogens with one attached hydrogen (secondary N) is 1. The van der Waals surface area contributed by atoms with Gasteiger partial charge in [0.2, 0.25) is 0 Å². The summed E-state index contributed by atoms with van der Waals surface area (Å²) in [6.07, 6.45) is 0. The number of methoxy groups -OCH3 is 1. The van der Waals surface area contributed by atoms with Crippen molar-refractivity contribution >= 4 is 28.7 Å². The second-order valence-corrected chi connectivity index (χ2v) is 4.85. The Morgan fingerprint density at radius 2 is 1.42 bits per heavy atom. The predicted molar refractivity (Wildman–Crippen MR) is 87.4 cm³/mol. The molecule has 2 aromatic rings. The van der Waals surface area contributed by atoms with Gasteiger partial charge in [-0.25, -0.2) is 0 Å². The van der Waals surface area contributed by atoms with Crippen LogP contribution in [-0.2, 0) is 0 Å². The highest BCUT2D eigenvalue weighted by Crippen LogP contribution is 2.30. The lowest BCUT2D eigenvalue weighted by molar-refractivity contribution is -0.394. The van der Waals surface area contributed by atoms with E-state index in [1.165, 1.54) is 13.2 Å². The molecule has 0 fully saturated rings. The van der Waals surface area contributed by atoms with Crippen LogP contribution in [0.4, 0.5) is 22.7 Å². The molecule has 0 unspecified atom stereocenters. The third-order valence-corrected chi connectivity index (χ3v) is 3.23. The molecule has 0 bridgehead atoms. The van der Waals surface area contributed by atoms with Crippen LogP contribution < -0.4 is 10.1 Å². The van der Waals surface area contributed by atoms with Gasteiger partial charge in [-0.15, -0.1) is 0 Å². The molecule has 0 heterocycles. The predicted octanol–water partition coefficient (Wildman–Crippen LogP) is 2.67. The fourth-order valence-electron chi connectivity index (χ4n) is 2.03. The van der Waals surface area contributed by atoms with E-state index in [0.29, 0.717) is 0 Å². The van der Waals surface area contributed by atoms with Gasteiger partial charge in [-0.1, -0.05) is 0 Å². The molecule has 1 N–H and O–H groups in total. The van der Waals surface area contributed by atoms with Crippen molar-refractivity contribution in [2.24, 2.45) is 0 Å². The minimum absolute atomic E-state index is 0.0209. The summed E-state index contributed by atoms with van der Waals surface area (Å²) in [7, 11) is 1.23. The lowest BCUT2D eigenvalue weighted by Gasteiger charge is -2.10. The number of hydrogen-bond acceptors (Lipinski definition) is 8. The number of amides is 1. The molecule has 2 rings (SSSR count). The van der Waals surface area contributed by atoms with Crippen molar-refractivity contribution in [1.82, 2.24) is 0 Å². The quantitative estimate of drug-likeness (QED) is 0.604. The second kappa shape index (κ2) is 7.21. The van der Waals surface area contributed by atoms with Crippen molar-refractivity contribution in [3.05, 3.63) is 72.3 Å². The van der Waals surface area contributed by atoms with Crippen molar-refractivity contribution in [1.29, 1.82) is 0 Å². The summed E-state index contributed by atoms with van der Waals surface area (Å²) < 4.78 is 4.96. The maximum Gasteiger partial charge on any atom is 0.277 e. The largest absolute Gasteiger partial charge is 0.494 e. The van der Waals surface area contributed by atoms with E-state index in [1.54, 1.807) is 0 Å². The minimum Gasteiger partial charge on any atom is -0.494 e. The molecule has 0 aliphatic carbocycles. The number of hydrogen-bond donors (Lipinski definition) is 1. The first-order valence-corrected chi connectivity index (χ1v) is 6.80. The number of nitrogens with zero attached hydrogens (tertiary/aromatic N) is 3. The zero-order valence-electron chi connectivity index (χ0n) is 13.1. The topological polar surface area (TPSA) is 168 Å². The Kier molecular flexibility index (Phi) is 5.06. The molecule has 134 valence electrons. The molecule has 0 aromatic heterocycles. The van der Waals surface area contributed by atoms with Crippen LogP contribution >= 0.6 is 0 Å². The normalized spacial score (nSPS) is 10.0. The van der Waals surface area contributed by atoms with Crippen molar-refractivity contribution < 1.29 is 24.3 Å². The molecule has 12 nitrogen and oxygen atoms in total. The van der Waals surface area contributed by atoms with Crippen LogP contribution in [0.15, 0.2) is 36.4 Å². The van der Waals surface area contributed by atoms with E-state index in [0.717, 1.165) is 30.3 Å². The third kappa shape index (κ3) is 3.87. The SMILES string of the molecule is COc1cc([N+](=O)[O-])ccc1NC(=O)c1cc([N+](=O)[O-])cc([N+](=O)[O-])c1. The van der Waals surface area contributed by atoms with Crippen molar-refractivity contribution in [2.75, 3.05) is 12.4 Å². The summed E-state index contributed by atoms with van der Waals surface area (Å²) >= 11 is 0. The molecule has 0 spiro atoms. The molecule has 0 atom stereocenters. The van der Waals surface area contributed by atoms with Gasteiger partial charge in [0.1, 0.15) is 5.75 Å². The molecule has 0 saturated carbocycles. The first-order chi connectivity index (χ1) is 12.2. The lowest BCUT2D eigenvalue weighted by Crippen LogP contribution is -2.13. The summed E-state index contributed by atoms with van der Waals surface area (Å²) in [4.78, 5) is 42.4. The zero-order chi connectivity index (χ0) is 19.4. The number of anilines is 1. The Bertz CT molecular complexity index is 895. The highest BCUT2D eigenvalue weighted by atomic mass is 16.6. The summed E-state index contributed by atoms with van der Waals surface area (Å²) in [5.74, 6) is -0.906. The van der Waals surface area contributed by atoms with Gasteiger partial charge in [0.25, 0.3) is 23.0 Å². The minimum atomic E-state index is -0.885. The van der Waals surface area contributed by atoms with Crippen LogP contribution in [0.1, 0.15) is 10.4 Å². The maximum absolute atomic E-state index is 12.3. The summed E-state index contributed by atoms with van der Waals surface area (Å²) in [5.41, 5.74) is -1.80. The molecular weight excluding hydrogens is 352 g/mol. The number of ether oxygens (including phenoxy) is 1. The fourth-order valence-corrected chi connectivity index (χ4v) is 2.03. The molecular formula is C14H10N4O8. The lowest BCUT2D eigenvalue weighted by atomic mass is 10.1. The van der Waals surface area contributed by atoms with Gasteiger partial charge in [0, 0.05) is 18.2 Å². The molecule has 12 heteroatoms. The highest BCUT2D eigenvalue weighted by molar-refractivity contribution is 6.06. The molecule has 0 aliphatic rings. The fraction of sp³-hybridized carbons (Fsp3) is 0.0714. The van der Waals surface area contributed by atoms with E-state index in [4.69, 9.17) is 4.74 Å². The van der Waals surface area contributed by atoms with Crippen molar-refractivity contribution in [3.8, 4) is 5.75 Å². The van der Waals surface area contributed by atoms with E-state index in [1.807, 2.05) is 0 Å². The average molecular weight is 362 g/mol. The number of nitro groups is 3. The van der Waals surface area contributed by atoms with Crippen LogP contribution in [0.25, 0.3) is 0 Å². The Morgan fingerprint density at radius 1 is 0.885 bits per heavy atom. The van der Waals surface area contributed by atoms with Crippen LogP contribution in [-0.4, -0.2) is 27.8 Å². The van der Waals surface area contributed by atoms with E-state index in [-0.39, 0.29) is 22.7 Å². The number of benzene rings is 2. The van der Waals surface area contributed by atoms with E-state index >= 15 is 0 Å². The van der Waals surface area contributed by atoms with Crippen LogP contribution in [0.3, 0.4) is 0 Å². The van der Waals surface area contributed by atoms with Crippen molar-refractivity contribution in [3.63, 3.8) is 0 Å². The second-order valence-electron chi connectivity index (χ2n) is 4.85.